The number of carbonyl (C=O) groups is 1. The van der Waals surface area contributed by atoms with Crippen LogP contribution in [0.4, 0.5) is 5.69 Å². The molecule has 0 fully saturated rings. The van der Waals surface area contributed by atoms with Crippen molar-refractivity contribution in [2.24, 2.45) is 0 Å². The predicted molar refractivity (Wildman–Crippen MR) is 99.4 cm³/mol. The first kappa shape index (κ1) is 19.6. The fraction of sp³-hybridized carbons (Fsp3) is 0.278. The molecule has 0 aliphatic rings. The summed E-state index contributed by atoms with van der Waals surface area (Å²) in [6.45, 7) is 3.77. The van der Waals surface area contributed by atoms with Gasteiger partial charge in [0.1, 0.15) is 11.5 Å². The Kier molecular flexibility index (Phi) is 6.10. The molecule has 0 saturated carbocycles. The summed E-state index contributed by atoms with van der Waals surface area (Å²) in [5.74, 6) is 0.405. The molecular weight excluding hydrogens is 356 g/mol. The van der Waals surface area contributed by atoms with Crippen LogP contribution in [0.25, 0.3) is 0 Å². The van der Waals surface area contributed by atoms with E-state index in [4.69, 9.17) is 9.47 Å². The number of amides is 1. The Bertz CT molecular complexity index is 894. The zero-order valence-electron chi connectivity index (χ0n) is 15.1. The quantitative estimate of drug-likeness (QED) is 0.772. The summed E-state index contributed by atoms with van der Waals surface area (Å²) in [4.78, 5) is 11.9. The van der Waals surface area contributed by atoms with Gasteiger partial charge < -0.3 is 14.8 Å². The minimum absolute atomic E-state index is 0.0291. The van der Waals surface area contributed by atoms with Gasteiger partial charge in [-0.05, 0) is 44.2 Å². The van der Waals surface area contributed by atoms with Crippen molar-refractivity contribution in [3.05, 3.63) is 48.0 Å². The Morgan fingerprint density at radius 3 is 2.46 bits per heavy atom. The maximum atomic E-state index is 12.7. The van der Waals surface area contributed by atoms with Gasteiger partial charge in [-0.15, -0.1) is 0 Å². The third kappa shape index (κ3) is 4.66. The van der Waals surface area contributed by atoms with Crippen molar-refractivity contribution in [1.82, 2.24) is 5.32 Å². The molecule has 26 heavy (non-hydrogen) atoms. The molecule has 0 aromatic heterocycles. The summed E-state index contributed by atoms with van der Waals surface area (Å²) >= 11 is 0. The average Bonchev–Trinajstić information content (AvgIpc) is 2.59. The molecule has 0 atom stereocenters. The number of benzene rings is 2. The number of sulfonamides is 1. The average molecular weight is 378 g/mol. The maximum Gasteiger partial charge on any atom is 0.261 e. The summed E-state index contributed by atoms with van der Waals surface area (Å²) in [6, 6.07) is 10.7. The van der Waals surface area contributed by atoms with Gasteiger partial charge in [-0.1, -0.05) is 6.07 Å². The second-order valence-electron chi connectivity index (χ2n) is 5.74. The third-order valence-electron chi connectivity index (χ3n) is 3.41. The van der Waals surface area contributed by atoms with Crippen LogP contribution in [0.15, 0.2) is 47.4 Å². The smallest absolute Gasteiger partial charge is 0.261 e. The second kappa shape index (κ2) is 8.09. The van der Waals surface area contributed by atoms with E-state index in [2.05, 4.69) is 10.0 Å². The lowest BCUT2D eigenvalue weighted by Gasteiger charge is -2.13. The lowest BCUT2D eigenvalue weighted by Crippen LogP contribution is -2.20. The van der Waals surface area contributed by atoms with E-state index in [1.165, 1.54) is 32.4 Å². The van der Waals surface area contributed by atoms with Gasteiger partial charge >= 0.3 is 0 Å². The van der Waals surface area contributed by atoms with Crippen molar-refractivity contribution in [2.75, 3.05) is 18.9 Å². The number of rotatable bonds is 7. The molecule has 0 aliphatic carbocycles. The Morgan fingerprint density at radius 1 is 1.12 bits per heavy atom. The molecule has 2 N–H and O–H groups in total. The molecule has 0 bridgehead atoms. The van der Waals surface area contributed by atoms with Crippen LogP contribution in [0.2, 0.25) is 0 Å². The summed E-state index contributed by atoms with van der Waals surface area (Å²) in [7, 11) is -1.02. The van der Waals surface area contributed by atoms with Gasteiger partial charge in [-0.3, -0.25) is 9.52 Å². The fourth-order valence-corrected chi connectivity index (χ4v) is 3.36. The molecular formula is C18H22N2O5S. The van der Waals surface area contributed by atoms with Gasteiger partial charge in [0, 0.05) is 13.1 Å². The van der Waals surface area contributed by atoms with E-state index in [0.717, 1.165) is 0 Å². The van der Waals surface area contributed by atoms with E-state index in [1.807, 2.05) is 13.8 Å². The highest BCUT2D eigenvalue weighted by atomic mass is 32.2. The van der Waals surface area contributed by atoms with E-state index in [9.17, 15) is 13.2 Å². The Labute approximate surface area is 153 Å². The minimum atomic E-state index is -3.89. The number of anilines is 1. The number of ether oxygens (including phenoxy) is 2. The molecule has 0 aliphatic heterocycles. The summed E-state index contributed by atoms with van der Waals surface area (Å²) < 4.78 is 38.5. The molecule has 0 heterocycles. The topological polar surface area (TPSA) is 93.7 Å². The summed E-state index contributed by atoms with van der Waals surface area (Å²) in [5, 5.41) is 2.46. The molecule has 2 aromatic carbocycles. The van der Waals surface area contributed by atoms with E-state index in [-0.39, 0.29) is 22.3 Å². The van der Waals surface area contributed by atoms with Crippen molar-refractivity contribution in [2.45, 2.75) is 24.8 Å². The first-order valence-corrected chi connectivity index (χ1v) is 9.45. The van der Waals surface area contributed by atoms with Gasteiger partial charge in [0.05, 0.1) is 29.4 Å². The van der Waals surface area contributed by atoms with Crippen molar-refractivity contribution in [3.8, 4) is 11.5 Å². The van der Waals surface area contributed by atoms with Crippen LogP contribution in [0.3, 0.4) is 0 Å². The SMILES string of the molecule is CNC(=O)c1cc(S(=O)(=O)Nc2cccc(OC(C)C)c2)ccc1OC. The number of methoxy groups -OCH3 is 1. The molecule has 7 nitrogen and oxygen atoms in total. The van der Waals surface area contributed by atoms with Crippen molar-refractivity contribution in [3.63, 3.8) is 0 Å². The number of carbonyl (C=O) groups excluding carboxylic acids is 1. The Hall–Kier alpha value is -2.74. The first-order chi connectivity index (χ1) is 12.3. The molecule has 0 saturated heterocycles. The molecule has 1 amide bonds. The maximum absolute atomic E-state index is 12.7. The minimum Gasteiger partial charge on any atom is -0.496 e. The molecule has 140 valence electrons. The van der Waals surface area contributed by atoms with Gasteiger partial charge in [0.15, 0.2) is 0 Å². The highest BCUT2D eigenvalue weighted by Gasteiger charge is 2.19. The molecule has 2 rings (SSSR count). The van der Waals surface area contributed by atoms with E-state index in [1.54, 1.807) is 24.3 Å². The van der Waals surface area contributed by atoms with Crippen LogP contribution >= 0.6 is 0 Å². The lowest BCUT2D eigenvalue weighted by molar-refractivity contribution is 0.0960. The highest BCUT2D eigenvalue weighted by Crippen LogP contribution is 2.25. The summed E-state index contributed by atoms with van der Waals surface area (Å²) in [6.07, 6.45) is -0.0291. The molecule has 2 aromatic rings. The van der Waals surface area contributed by atoms with Crippen molar-refractivity contribution in [1.29, 1.82) is 0 Å². The molecule has 8 heteroatoms. The molecule has 0 spiro atoms. The van der Waals surface area contributed by atoms with Gasteiger partial charge in [0.25, 0.3) is 15.9 Å². The van der Waals surface area contributed by atoms with Crippen LogP contribution in [-0.2, 0) is 10.0 Å². The highest BCUT2D eigenvalue weighted by molar-refractivity contribution is 7.92. The zero-order chi connectivity index (χ0) is 19.3. The van der Waals surface area contributed by atoms with Crippen molar-refractivity contribution < 1.29 is 22.7 Å². The first-order valence-electron chi connectivity index (χ1n) is 7.96. The third-order valence-corrected chi connectivity index (χ3v) is 4.79. The van der Waals surface area contributed by atoms with Crippen LogP contribution in [-0.4, -0.2) is 34.6 Å². The summed E-state index contributed by atoms with van der Waals surface area (Å²) in [5.41, 5.74) is 0.496. The Morgan fingerprint density at radius 2 is 1.85 bits per heavy atom. The normalized spacial score (nSPS) is 11.1. The zero-order valence-corrected chi connectivity index (χ0v) is 15.9. The van der Waals surface area contributed by atoms with Gasteiger partial charge in [-0.25, -0.2) is 8.42 Å². The van der Waals surface area contributed by atoms with Gasteiger partial charge in [0.2, 0.25) is 0 Å². The molecule has 0 unspecified atom stereocenters. The van der Waals surface area contributed by atoms with Crippen LogP contribution < -0.4 is 19.5 Å². The predicted octanol–water partition coefficient (Wildman–Crippen LogP) is 2.64. The number of hydrogen-bond donors (Lipinski definition) is 2. The second-order valence-corrected chi connectivity index (χ2v) is 7.42. The molecule has 0 radical (unpaired) electrons. The fourth-order valence-electron chi connectivity index (χ4n) is 2.29. The van der Waals surface area contributed by atoms with Crippen molar-refractivity contribution >= 4 is 21.6 Å². The standard InChI is InChI=1S/C18H22N2O5S/c1-12(2)25-14-7-5-6-13(10-14)20-26(22,23)15-8-9-17(24-4)16(11-15)18(21)19-3/h5-12,20H,1-4H3,(H,19,21). The lowest BCUT2D eigenvalue weighted by atomic mass is 10.2. The van der Waals surface area contributed by atoms with Crippen LogP contribution in [0, 0.1) is 0 Å². The van der Waals surface area contributed by atoms with Crippen LogP contribution in [0.1, 0.15) is 24.2 Å². The Balaban J connectivity index is 2.34. The van der Waals surface area contributed by atoms with Gasteiger partial charge in [-0.2, -0.15) is 0 Å². The van der Waals surface area contributed by atoms with E-state index in [0.29, 0.717) is 11.4 Å². The van der Waals surface area contributed by atoms with Crippen LogP contribution in [0.5, 0.6) is 11.5 Å². The number of nitrogens with one attached hydrogen (secondary N) is 2. The van der Waals surface area contributed by atoms with E-state index < -0.39 is 15.9 Å². The monoisotopic (exact) mass is 378 g/mol. The number of hydrogen-bond acceptors (Lipinski definition) is 5. The largest absolute Gasteiger partial charge is 0.496 e. The van der Waals surface area contributed by atoms with E-state index >= 15 is 0 Å².